The SMILES string of the molecule is COOSc1ccc(Oc2cc(O[C@@H](C)CO)cc(C(=O)Nc3nc(C)cs3)c2)cc1. The molecule has 2 aromatic carbocycles. The Morgan fingerprint density at radius 3 is 2.58 bits per heavy atom. The molecule has 8 nitrogen and oxygen atoms in total. The lowest BCUT2D eigenvalue weighted by atomic mass is 10.2. The van der Waals surface area contributed by atoms with Crippen LogP contribution in [0.15, 0.2) is 52.7 Å². The predicted octanol–water partition coefficient (Wildman–Crippen LogP) is 4.84. The normalized spacial score (nSPS) is 11.7. The van der Waals surface area contributed by atoms with Gasteiger partial charge in [-0.25, -0.2) is 9.87 Å². The fourth-order valence-electron chi connectivity index (χ4n) is 2.45. The molecule has 0 aliphatic rings. The molecule has 3 rings (SSSR count). The molecule has 31 heavy (non-hydrogen) atoms. The van der Waals surface area contributed by atoms with Gasteiger partial charge in [-0.3, -0.25) is 10.1 Å². The number of aliphatic hydroxyl groups is 1. The van der Waals surface area contributed by atoms with Gasteiger partial charge >= 0.3 is 0 Å². The Bertz CT molecular complexity index is 1010. The van der Waals surface area contributed by atoms with Crippen LogP contribution >= 0.6 is 23.4 Å². The molecular weight excluding hydrogens is 440 g/mol. The number of amides is 1. The molecule has 0 saturated heterocycles. The van der Waals surface area contributed by atoms with Gasteiger partial charge < -0.3 is 14.6 Å². The highest BCUT2D eigenvalue weighted by Crippen LogP contribution is 2.30. The highest BCUT2D eigenvalue weighted by molar-refractivity contribution is 7.94. The van der Waals surface area contributed by atoms with Crippen molar-refractivity contribution in [3.63, 3.8) is 0 Å². The molecule has 1 amide bonds. The molecule has 1 heterocycles. The van der Waals surface area contributed by atoms with Crippen LogP contribution in [0.1, 0.15) is 23.0 Å². The van der Waals surface area contributed by atoms with Gasteiger partial charge in [0.25, 0.3) is 5.91 Å². The third-order valence-electron chi connectivity index (χ3n) is 3.83. The van der Waals surface area contributed by atoms with Crippen LogP contribution in [-0.2, 0) is 9.22 Å². The summed E-state index contributed by atoms with van der Waals surface area (Å²) in [6, 6.07) is 12.0. The van der Waals surface area contributed by atoms with Crippen LogP contribution in [0.2, 0.25) is 0 Å². The van der Waals surface area contributed by atoms with Crippen molar-refractivity contribution in [3.8, 4) is 17.2 Å². The zero-order valence-corrected chi connectivity index (χ0v) is 18.8. The van der Waals surface area contributed by atoms with E-state index >= 15 is 0 Å². The molecule has 3 aromatic rings. The number of carbonyl (C=O) groups is 1. The molecular formula is C21H22N2O6S2. The van der Waals surface area contributed by atoms with E-state index in [2.05, 4.69) is 15.2 Å². The fourth-order valence-corrected chi connectivity index (χ4v) is 3.53. The molecule has 0 fully saturated rings. The van der Waals surface area contributed by atoms with Gasteiger partial charge in [0.1, 0.15) is 23.4 Å². The molecule has 10 heteroatoms. The third-order valence-corrected chi connectivity index (χ3v) is 5.38. The maximum atomic E-state index is 12.7. The minimum Gasteiger partial charge on any atom is -0.488 e. The summed E-state index contributed by atoms with van der Waals surface area (Å²) in [5.41, 5.74) is 1.17. The first-order chi connectivity index (χ1) is 15.0. The highest BCUT2D eigenvalue weighted by atomic mass is 32.2. The van der Waals surface area contributed by atoms with Crippen molar-refractivity contribution in [3.05, 3.63) is 59.1 Å². The number of nitrogens with one attached hydrogen (secondary N) is 1. The predicted molar refractivity (Wildman–Crippen MR) is 119 cm³/mol. The summed E-state index contributed by atoms with van der Waals surface area (Å²) < 4.78 is 16.4. The summed E-state index contributed by atoms with van der Waals surface area (Å²) >= 11 is 2.42. The number of rotatable bonds is 10. The van der Waals surface area contributed by atoms with Crippen LogP contribution in [0.4, 0.5) is 5.13 Å². The maximum Gasteiger partial charge on any atom is 0.257 e. The monoisotopic (exact) mass is 462 g/mol. The summed E-state index contributed by atoms with van der Waals surface area (Å²) in [6.45, 7) is 3.42. The van der Waals surface area contributed by atoms with E-state index in [4.69, 9.17) is 13.8 Å². The second kappa shape index (κ2) is 11.1. The zero-order valence-electron chi connectivity index (χ0n) is 17.2. The number of anilines is 1. The molecule has 0 saturated carbocycles. The van der Waals surface area contributed by atoms with Gasteiger partial charge in [-0.15, -0.1) is 11.3 Å². The van der Waals surface area contributed by atoms with Gasteiger partial charge in [-0.1, -0.05) is 0 Å². The number of nitrogens with zero attached hydrogens (tertiary/aromatic N) is 1. The Labute approximate surface area is 188 Å². The Kier molecular flexibility index (Phi) is 8.27. The quantitative estimate of drug-likeness (QED) is 0.251. The van der Waals surface area contributed by atoms with Gasteiger partial charge in [-0.2, -0.15) is 4.33 Å². The van der Waals surface area contributed by atoms with E-state index in [9.17, 15) is 9.90 Å². The lowest BCUT2D eigenvalue weighted by molar-refractivity contribution is -0.160. The third kappa shape index (κ3) is 6.94. The van der Waals surface area contributed by atoms with Crippen LogP contribution < -0.4 is 14.8 Å². The van der Waals surface area contributed by atoms with Gasteiger partial charge in [-0.05, 0) is 50.2 Å². The van der Waals surface area contributed by atoms with Gasteiger partial charge in [0.15, 0.2) is 5.13 Å². The number of carbonyl (C=O) groups excluding carboxylic acids is 1. The van der Waals surface area contributed by atoms with Crippen molar-refractivity contribution in [2.24, 2.45) is 0 Å². The van der Waals surface area contributed by atoms with E-state index < -0.39 is 6.10 Å². The lowest BCUT2D eigenvalue weighted by Gasteiger charge is -2.15. The number of hydrogen-bond donors (Lipinski definition) is 2. The van der Waals surface area contributed by atoms with Crippen molar-refractivity contribution in [2.75, 3.05) is 19.0 Å². The van der Waals surface area contributed by atoms with Crippen LogP contribution in [-0.4, -0.2) is 35.8 Å². The number of hydrogen-bond acceptors (Lipinski definition) is 9. The smallest absolute Gasteiger partial charge is 0.257 e. The van der Waals surface area contributed by atoms with Crippen molar-refractivity contribution in [1.82, 2.24) is 4.98 Å². The Hall–Kier alpha value is -2.63. The molecule has 0 radical (unpaired) electrons. The fraction of sp³-hybridized carbons (Fsp3) is 0.238. The number of ether oxygens (including phenoxy) is 2. The number of aromatic nitrogens is 1. The van der Waals surface area contributed by atoms with Crippen molar-refractivity contribution >= 4 is 34.4 Å². The van der Waals surface area contributed by atoms with Crippen LogP contribution in [0, 0.1) is 6.92 Å². The first-order valence-corrected chi connectivity index (χ1v) is 10.9. The summed E-state index contributed by atoms with van der Waals surface area (Å²) in [5.74, 6) is 1.04. The van der Waals surface area contributed by atoms with E-state index in [0.717, 1.165) is 22.6 Å². The minimum absolute atomic E-state index is 0.159. The van der Waals surface area contributed by atoms with Crippen LogP contribution in [0.5, 0.6) is 17.2 Å². The maximum absolute atomic E-state index is 12.7. The molecule has 0 bridgehead atoms. The number of benzene rings is 2. The average Bonchev–Trinajstić information content (AvgIpc) is 3.17. The second-order valence-corrected chi connectivity index (χ2v) is 8.08. The van der Waals surface area contributed by atoms with E-state index in [1.807, 2.05) is 24.4 Å². The van der Waals surface area contributed by atoms with Crippen LogP contribution in [0.3, 0.4) is 0 Å². The molecule has 0 aliphatic carbocycles. The van der Waals surface area contributed by atoms with E-state index in [1.54, 1.807) is 37.3 Å². The molecule has 1 atom stereocenters. The molecule has 2 N–H and O–H groups in total. The number of aliphatic hydroxyl groups excluding tert-OH is 1. The van der Waals surface area contributed by atoms with Crippen molar-refractivity contribution < 1.29 is 28.6 Å². The Balaban J connectivity index is 1.81. The van der Waals surface area contributed by atoms with E-state index in [1.165, 1.54) is 18.4 Å². The number of thiazole rings is 1. The zero-order chi connectivity index (χ0) is 22.2. The van der Waals surface area contributed by atoms with Crippen molar-refractivity contribution in [1.29, 1.82) is 0 Å². The van der Waals surface area contributed by atoms with Crippen molar-refractivity contribution in [2.45, 2.75) is 24.8 Å². The lowest BCUT2D eigenvalue weighted by Crippen LogP contribution is -2.17. The molecule has 0 aliphatic heterocycles. The standard InChI is InChI=1S/C21H22N2O6S2/c1-13-12-30-21(22-13)23-20(25)15-8-17(27-14(2)11-24)10-18(9-15)28-16-4-6-19(7-5-16)31-29-26-3/h4-10,12,14,24H,11H2,1-3H3,(H,22,23,25)/t14-/m0/s1. The molecule has 0 unspecified atom stereocenters. The summed E-state index contributed by atoms with van der Waals surface area (Å²) in [4.78, 5) is 22.4. The molecule has 1 aromatic heterocycles. The summed E-state index contributed by atoms with van der Waals surface area (Å²) in [6.07, 6.45) is -0.440. The van der Waals surface area contributed by atoms with Gasteiger partial charge in [0.05, 0.1) is 31.5 Å². The number of aryl methyl sites for hydroxylation is 1. The average molecular weight is 463 g/mol. The first kappa shape index (κ1) is 23.0. The Morgan fingerprint density at radius 1 is 1.19 bits per heavy atom. The molecule has 164 valence electrons. The topological polar surface area (TPSA) is 99.1 Å². The van der Waals surface area contributed by atoms with E-state index in [0.29, 0.717) is 27.9 Å². The second-order valence-electron chi connectivity index (χ2n) is 6.44. The largest absolute Gasteiger partial charge is 0.488 e. The van der Waals surface area contributed by atoms with Gasteiger partial charge in [0.2, 0.25) is 0 Å². The summed E-state index contributed by atoms with van der Waals surface area (Å²) in [5, 5.41) is 14.4. The highest BCUT2D eigenvalue weighted by Gasteiger charge is 2.14. The minimum atomic E-state index is -0.440. The summed E-state index contributed by atoms with van der Waals surface area (Å²) in [7, 11) is 1.43. The van der Waals surface area contributed by atoms with Gasteiger partial charge in [0, 0.05) is 21.9 Å². The van der Waals surface area contributed by atoms with Crippen LogP contribution in [0.25, 0.3) is 0 Å². The first-order valence-electron chi connectivity index (χ1n) is 9.28. The van der Waals surface area contributed by atoms with E-state index in [-0.39, 0.29) is 12.5 Å². The Morgan fingerprint density at radius 2 is 1.94 bits per heavy atom. The molecule has 0 spiro atoms.